The number of hydrogen-bond acceptors (Lipinski definition) is 6. The topological polar surface area (TPSA) is 130 Å². The first kappa shape index (κ1) is 29.9. The van der Waals surface area contributed by atoms with E-state index >= 15 is 0 Å². The molecule has 0 saturated heterocycles. The number of nitrogens with one attached hydrogen (secondary N) is 2. The number of carbonyl (C=O) groups excluding carboxylic acids is 2. The molecule has 5 rings (SSSR count). The summed E-state index contributed by atoms with van der Waals surface area (Å²) >= 11 is 0. The number of rotatable bonds is 9. The van der Waals surface area contributed by atoms with E-state index in [1.54, 1.807) is 0 Å². The second kappa shape index (κ2) is 12.3. The number of amides is 2. The highest BCUT2D eigenvalue weighted by atomic mass is 16.3. The van der Waals surface area contributed by atoms with Crippen molar-refractivity contribution in [3.63, 3.8) is 0 Å². The number of aromatic nitrogens is 2. The molecule has 2 aromatic carbocycles. The normalized spacial score (nSPS) is 25.5. The third-order valence-corrected chi connectivity index (χ3v) is 8.55. The molecule has 0 spiro atoms. The second-order valence-electron chi connectivity index (χ2n) is 13.1. The minimum atomic E-state index is -0.718. The Morgan fingerprint density at radius 3 is 2.24 bits per heavy atom. The monoisotopic (exact) mass is 569 g/mol. The van der Waals surface area contributed by atoms with Crippen LogP contribution in [0.4, 0.5) is 5.82 Å². The number of aliphatic hydroxyl groups is 1. The zero-order chi connectivity index (χ0) is 29.9. The fraction of sp³-hybridized carbons (Fsp3) is 0.471. The molecule has 2 amide bonds. The van der Waals surface area contributed by atoms with Crippen LogP contribution < -0.4 is 16.4 Å². The summed E-state index contributed by atoms with van der Waals surface area (Å²) in [5, 5.41) is 25.3. The number of carbonyl (C=O) groups is 2. The quantitative estimate of drug-likeness (QED) is 0.267. The van der Waals surface area contributed by atoms with Gasteiger partial charge in [-0.2, -0.15) is 0 Å². The van der Waals surface area contributed by atoms with Crippen molar-refractivity contribution in [2.24, 2.45) is 17.6 Å². The van der Waals surface area contributed by atoms with Crippen LogP contribution in [0.2, 0.25) is 0 Å². The summed E-state index contributed by atoms with van der Waals surface area (Å²) in [6.45, 7) is 5.91. The van der Waals surface area contributed by atoms with Crippen molar-refractivity contribution in [2.75, 3.05) is 5.32 Å². The molecule has 2 aliphatic carbocycles. The van der Waals surface area contributed by atoms with Crippen LogP contribution in [0.3, 0.4) is 0 Å². The summed E-state index contributed by atoms with van der Waals surface area (Å²) in [6.07, 6.45) is 5.66. The van der Waals surface area contributed by atoms with Gasteiger partial charge < -0.3 is 21.5 Å². The van der Waals surface area contributed by atoms with E-state index in [1.165, 1.54) is 0 Å². The van der Waals surface area contributed by atoms with Gasteiger partial charge in [-0.1, -0.05) is 68.4 Å². The van der Waals surface area contributed by atoms with Crippen molar-refractivity contribution in [1.82, 2.24) is 15.5 Å². The van der Waals surface area contributed by atoms with Crippen LogP contribution in [0.15, 0.2) is 60.7 Å². The summed E-state index contributed by atoms with van der Waals surface area (Å²) in [6, 6.07) is 20.0. The fourth-order valence-corrected chi connectivity index (χ4v) is 6.60. The molecule has 1 aromatic heterocycles. The molecule has 222 valence electrons. The summed E-state index contributed by atoms with van der Waals surface area (Å²) in [4.78, 5) is 25.1. The second-order valence-corrected chi connectivity index (χ2v) is 13.1. The van der Waals surface area contributed by atoms with E-state index in [4.69, 9.17) is 5.73 Å². The van der Waals surface area contributed by atoms with Gasteiger partial charge >= 0.3 is 0 Å². The van der Waals surface area contributed by atoms with E-state index in [1.807, 2.05) is 81.4 Å². The first-order chi connectivity index (χ1) is 20.0. The molecule has 0 radical (unpaired) electrons. The van der Waals surface area contributed by atoms with Crippen molar-refractivity contribution < 1.29 is 14.7 Å². The van der Waals surface area contributed by atoms with Crippen molar-refractivity contribution in [1.29, 1.82) is 0 Å². The largest absolute Gasteiger partial charge is 0.390 e. The standard InChI is InChI=1S/C34H43N5O3/c1-22(2)17-30(40)36-27-15-9-23(10-16-27)18-31(41)37-29-19-28(24-7-5-4-6-8-24)32(39-38-29)25-11-13-26(14-12-25)34(35)20-33(3,42)21-34/h4-8,11-14,19,22-23,27,42H,9-10,15-18,20-21,35H2,1-3H3,(H,36,40)(H,37,38,41). The Morgan fingerprint density at radius 2 is 1.62 bits per heavy atom. The van der Waals surface area contributed by atoms with Gasteiger partial charge in [-0.3, -0.25) is 9.59 Å². The van der Waals surface area contributed by atoms with Crippen LogP contribution in [-0.4, -0.2) is 38.8 Å². The van der Waals surface area contributed by atoms with Crippen LogP contribution in [0.5, 0.6) is 0 Å². The number of nitrogens with two attached hydrogens (primary N) is 1. The third kappa shape index (κ3) is 7.23. The number of hydrogen-bond donors (Lipinski definition) is 4. The Kier molecular flexibility index (Phi) is 8.76. The average Bonchev–Trinajstić information content (AvgIpc) is 2.93. The molecule has 2 aliphatic rings. The molecule has 0 bridgehead atoms. The van der Waals surface area contributed by atoms with Gasteiger partial charge in [-0.05, 0) is 74.5 Å². The van der Waals surface area contributed by atoms with Gasteiger partial charge in [0.05, 0.1) is 5.60 Å². The lowest BCUT2D eigenvalue weighted by atomic mass is 9.63. The molecule has 0 atom stereocenters. The highest BCUT2D eigenvalue weighted by Gasteiger charge is 2.49. The number of benzene rings is 2. The van der Waals surface area contributed by atoms with Crippen LogP contribution in [-0.2, 0) is 15.1 Å². The van der Waals surface area contributed by atoms with Gasteiger partial charge in [0.2, 0.25) is 11.8 Å². The highest BCUT2D eigenvalue weighted by Crippen LogP contribution is 2.46. The maximum absolute atomic E-state index is 13.0. The maximum atomic E-state index is 13.0. The molecule has 8 nitrogen and oxygen atoms in total. The minimum absolute atomic E-state index is 0.0719. The molecule has 2 fully saturated rings. The summed E-state index contributed by atoms with van der Waals surface area (Å²) < 4.78 is 0. The Bertz CT molecular complexity index is 1390. The van der Waals surface area contributed by atoms with Gasteiger partial charge in [-0.15, -0.1) is 10.2 Å². The molecule has 1 heterocycles. The lowest BCUT2D eigenvalue weighted by Gasteiger charge is -2.49. The Labute approximate surface area is 248 Å². The predicted molar refractivity (Wildman–Crippen MR) is 165 cm³/mol. The molecule has 0 unspecified atom stereocenters. The minimum Gasteiger partial charge on any atom is -0.390 e. The van der Waals surface area contributed by atoms with E-state index in [9.17, 15) is 14.7 Å². The molecule has 0 aliphatic heterocycles. The van der Waals surface area contributed by atoms with Gasteiger partial charge in [0.1, 0.15) is 5.69 Å². The Morgan fingerprint density at radius 1 is 0.952 bits per heavy atom. The zero-order valence-electron chi connectivity index (χ0n) is 24.9. The van der Waals surface area contributed by atoms with Crippen molar-refractivity contribution >= 4 is 17.6 Å². The fourth-order valence-electron chi connectivity index (χ4n) is 6.60. The maximum Gasteiger partial charge on any atom is 0.225 e. The average molecular weight is 570 g/mol. The molecule has 42 heavy (non-hydrogen) atoms. The Hall–Kier alpha value is -3.62. The number of nitrogens with zero attached hydrogens (tertiary/aromatic N) is 2. The van der Waals surface area contributed by atoms with E-state index in [0.29, 0.717) is 37.4 Å². The highest BCUT2D eigenvalue weighted by molar-refractivity contribution is 5.91. The molecule has 2 saturated carbocycles. The van der Waals surface area contributed by atoms with Crippen molar-refractivity contribution in [3.8, 4) is 22.4 Å². The van der Waals surface area contributed by atoms with Crippen molar-refractivity contribution in [2.45, 2.75) is 89.3 Å². The molecular formula is C34H43N5O3. The summed E-state index contributed by atoms with van der Waals surface area (Å²) in [5.41, 5.74) is 9.75. The first-order valence-electron chi connectivity index (χ1n) is 15.1. The SMILES string of the molecule is CC(C)CC(=O)NC1CCC(CC(=O)Nc2cc(-c3ccccc3)c(-c3ccc(C4(N)CC(C)(O)C4)cc3)nn2)CC1. The Balaban J connectivity index is 1.25. The third-order valence-electron chi connectivity index (χ3n) is 8.55. The molecular weight excluding hydrogens is 526 g/mol. The lowest BCUT2D eigenvalue weighted by molar-refractivity contribution is -0.123. The van der Waals surface area contributed by atoms with Crippen LogP contribution >= 0.6 is 0 Å². The number of anilines is 1. The predicted octanol–water partition coefficient (Wildman–Crippen LogP) is 5.56. The van der Waals surface area contributed by atoms with Crippen LogP contribution in [0.25, 0.3) is 22.4 Å². The van der Waals surface area contributed by atoms with Gasteiger partial charge in [0.25, 0.3) is 0 Å². The molecule has 5 N–H and O–H groups in total. The van der Waals surface area contributed by atoms with E-state index in [-0.39, 0.29) is 23.8 Å². The van der Waals surface area contributed by atoms with Gasteiger partial charge in [0, 0.05) is 35.5 Å². The smallest absolute Gasteiger partial charge is 0.225 e. The van der Waals surface area contributed by atoms with Gasteiger partial charge in [-0.25, -0.2) is 0 Å². The van der Waals surface area contributed by atoms with Crippen LogP contribution in [0.1, 0.15) is 77.7 Å². The van der Waals surface area contributed by atoms with Crippen molar-refractivity contribution in [3.05, 3.63) is 66.2 Å². The summed E-state index contributed by atoms with van der Waals surface area (Å²) in [5.74, 6) is 1.10. The van der Waals surface area contributed by atoms with Gasteiger partial charge in [0.15, 0.2) is 5.82 Å². The zero-order valence-corrected chi connectivity index (χ0v) is 24.9. The van der Waals surface area contributed by atoms with E-state index in [2.05, 4.69) is 20.8 Å². The first-order valence-corrected chi connectivity index (χ1v) is 15.1. The summed E-state index contributed by atoms with van der Waals surface area (Å²) in [7, 11) is 0. The van der Waals surface area contributed by atoms with E-state index in [0.717, 1.165) is 53.6 Å². The lowest BCUT2D eigenvalue weighted by Crippen LogP contribution is -2.58. The molecule has 8 heteroatoms. The molecule has 3 aromatic rings. The van der Waals surface area contributed by atoms with Crippen LogP contribution in [0, 0.1) is 11.8 Å². The van der Waals surface area contributed by atoms with E-state index < -0.39 is 11.1 Å².